The molecule has 0 fully saturated rings. The third kappa shape index (κ3) is 1.56. The van der Waals surface area contributed by atoms with Gasteiger partial charge in [0.25, 0.3) is 0 Å². The van der Waals surface area contributed by atoms with Gasteiger partial charge in [-0.2, -0.15) is 0 Å². The molecule has 0 N–H and O–H groups in total. The molecule has 3 aromatic heterocycles. The van der Waals surface area contributed by atoms with Crippen LogP contribution in [0.5, 0.6) is 0 Å². The number of rotatable bonds is 1. The van der Waals surface area contributed by atoms with Gasteiger partial charge in [-0.15, -0.1) is 11.3 Å². The van der Waals surface area contributed by atoms with Gasteiger partial charge < -0.3 is 0 Å². The molecular formula is C11H6ClN3S. The number of hydrogen-bond acceptors (Lipinski definition) is 4. The average molecular weight is 248 g/mol. The number of thiophene rings is 1. The fraction of sp³-hybridized carbons (Fsp3) is 0. The lowest BCUT2D eigenvalue weighted by Crippen LogP contribution is -1.91. The van der Waals surface area contributed by atoms with Crippen molar-refractivity contribution in [2.75, 3.05) is 0 Å². The Morgan fingerprint density at radius 3 is 2.88 bits per heavy atom. The standard InChI is InChI=1S/C11H6ClN3S/c12-10-9-7(4-6-16-9)14-11(15-10)8-3-1-2-5-13-8/h1-6H. The maximum absolute atomic E-state index is 6.08. The zero-order chi connectivity index (χ0) is 11.0. The van der Waals surface area contributed by atoms with Gasteiger partial charge in [0, 0.05) is 6.20 Å². The van der Waals surface area contributed by atoms with E-state index in [9.17, 15) is 0 Å². The van der Waals surface area contributed by atoms with Crippen LogP contribution in [0, 0.1) is 0 Å². The lowest BCUT2D eigenvalue weighted by Gasteiger charge is -2.00. The van der Waals surface area contributed by atoms with Crippen molar-refractivity contribution in [3.05, 3.63) is 41.0 Å². The second kappa shape index (κ2) is 3.81. The van der Waals surface area contributed by atoms with Crippen molar-refractivity contribution in [2.24, 2.45) is 0 Å². The summed E-state index contributed by atoms with van der Waals surface area (Å²) in [5.74, 6) is 0.566. The van der Waals surface area contributed by atoms with Crippen LogP contribution < -0.4 is 0 Å². The van der Waals surface area contributed by atoms with Gasteiger partial charge in [-0.3, -0.25) is 4.98 Å². The Morgan fingerprint density at radius 1 is 1.12 bits per heavy atom. The average Bonchev–Trinajstić information content (AvgIpc) is 2.79. The van der Waals surface area contributed by atoms with Gasteiger partial charge in [-0.05, 0) is 23.6 Å². The SMILES string of the molecule is Clc1nc(-c2ccccn2)nc2ccsc12. The molecule has 3 nitrogen and oxygen atoms in total. The second-order valence-corrected chi connectivity index (χ2v) is 4.46. The summed E-state index contributed by atoms with van der Waals surface area (Å²) in [5.41, 5.74) is 1.60. The summed E-state index contributed by atoms with van der Waals surface area (Å²) < 4.78 is 0.918. The normalized spacial score (nSPS) is 10.8. The van der Waals surface area contributed by atoms with Crippen LogP contribution in [0.2, 0.25) is 5.15 Å². The van der Waals surface area contributed by atoms with E-state index < -0.39 is 0 Å². The molecule has 0 aliphatic rings. The molecule has 0 amide bonds. The van der Waals surface area contributed by atoms with Crippen molar-refractivity contribution in [3.63, 3.8) is 0 Å². The third-order valence-corrected chi connectivity index (χ3v) is 3.45. The molecule has 0 bridgehead atoms. The Bertz CT molecular complexity index is 636. The van der Waals surface area contributed by atoms with Gasteiger partial charge in [0.2, 0.25) is 0 Å². The molecule has 3 rings (SSSR count). The first-order chi connectivity index (χ1) is 7.84. The van der Waals surface area contributed by atoms with Gasteiger partial charge in [0.05, 0.1) is 10.2 Å². The van der Waals surface area contributed by atoms with E-state index in [0.717, 1.165) is 15.9 Å². The molecular weight excluding hydrogens is 242 g/mol. The van der Waals surface area contributed by atoms with Crippen LogP contribution in [0.3, 0.4) is 0 Å². The van der Waals surface area contributed by atoms with Gasteiger partial charge >= 0.3 is 0 Å². The lowest BCUT2D eigenvalue weighted by molar-refractivity contribution is 1.18. The van der Waals surface area contributed by atoms with E-state index in [4.69, 9.17) is 11.6 Å². The van der Waals surface area contributed by atoms with Crippen LogP contribution in [0.4, 0.5) is 0 Å². The van der Waals surface area contributed by atoms with Crippen molar-refractivity contribution in [1.29, 1.82) is 0 Å². The number of halogens is 1. The molecule has 0 saturated heterocycles. The Labute approximate surface area is 101 Å². The molecule has 0 radical (unpaired) electrons. The molecule has 16 heavy (non-hydrogen) atoms. The van der Waals surface area contributed by atoms with Gasteiger partial charge in [0.15, 0.2) is 11.0 Å². The first-order valence-corrected chi connectivity index (χ1v) is 5.92. The van der Waals surface area contributed by atoms with Crippen molar-refractivity contribution < 1.29 is 0 Å². The summed E-state index contributed by atoms with van der Waals surface area (Å²) in [6.45, 7) is 0. The van der Waals surface area contributed by atoms with Crippen LogP contribution in [-0.4, -0.2) is 15.0 Å². The largest absolute Gasteiger partial charge is 0.253 e. The lowest BCUT2D eigenvalue weighted by atomic mass is 10.3. The number of fused-ring (bicyclic) bond motifs is 1. The molecule has 0 aromatic carbocycles. The second-order valence-electron chi connectivity index (χ2n) is 3.19. The Balaban J connectivity index is 2.25. The summed E-state index contributed by atoms with van der Waals surface area (Å²) in [6.07, 6.45) is 1.71. The van der Waals surface area contributed by atoms with Crippen LogP contribution in [0.25, 0.3) is 21.7 Å². The van der Waals surface area contributed by atoms with E-state index in [1.54, 1.807) is 17.5 Å². The summed E-state index contributed by atoms with van der Waals surface area (Å²) in [6, 6.07) is 7.55. The predicted molar refractivity (Wildman–Crippen MR) is 65.7 cm³/mol. The zero-order valence-electron chi connectivity index (χ0n) is 8.09. The maximum Gasteiger partial charge on any atom is 0.180 e. The van der Waals surface area contributed by atoms with E-state index in [0.29, 0.717) is 11.0 Å². The number of nitrogens with zero attached hydrogens (tertiary/aromatic N) is 3. The number of pyridine rings is 1. The Morgan fingerprint density at radius 2 is 2.06 bits per heavy atom. The molecule has 78 valence electrons. The highest BCUT2D eigenvalue weighted by Crippen LogP contribution is 2.27. The Hall–Kier alpha value is -1.52. The molecule has 0 saturated carbocycles. The van der Waals surface area contributed by atoms with E-state index in [-0.39, 0.29) is 0 Å². The van der Waals surface area contributed by atoms with Gasteiger partial charge in [-0.25, -0.2) is 9.97 Å². The van der Waals surface area contributed by atoms with E-state index in [2.05, 4.69) is 15.0 Å². The van der Waals surface area contributed by atoms with Crippen molar-refractivity contribution in [1.82, 2.24) is 15.0 Å². The highest BCUT2D eigenvalue weighted by molar-refractivity contribution is 7.17. The smallest absolute Gasteiger partial charge is 0.180 e. The molecule has 0 spiro atoms. The molecule has 0 aliphatic heterocycles. The molecule has 5 heteroatoms. The number of aromatic nitrogens is 3. The van der Waals surface area contributed by atoms with Crippen LogP contribution in [0.1, 0.15) is 0 Å². The predicted octanol–water partition coefficient (Wildman–Crippen LogP) is 3.41. The highest BCUT2D eigenvalue weighted by atomic mass is 35.5. The fourth-order valence-electron chi connectivity index (χ4n) is 1.44. The quantitative estimate of drug-likeness (QED) is 0.619. The fourth-order valence-corrected chi connectivity index (χ4v) is 2.46. The number of hydrogen-bond donors (Lipinski definition) is 0. The summed E-state index contributed by atoms with van der Waals surface area (Å²) >= 11 is 7.63. The van der Waals surface area contributed by atoms with Crippen LogP contribution in [0.15, 0.2) is 35.8 Å². The van der Waals surface area contributed by atoms with Crippen LogP contribution in [-0.2, 0) is 0 Å². The van der Waals surface area contributed by atoms with Crippen molar-refractivity contribution >= 4 is 33.2 Å². The van der Waals surface area contributed by atoms with E-state index >= 15 is 0 Å². The minimum absolute atomic E-state index is 0.487. The summed E-state index contributed by atoms with van der Waals surface area (Å²) in [7, 11) is 0. The minimum Gasteiger partial charge on any atom is -0.253 e. The highest BCUT2D eigenvalue weighted by Gasteiger charge is 2.08. The van der Waals surface area contributed by atoms with Gasteiger partial charge in [0.1, 0.15) is 5.69 Å². The van der Waals surface area contributed by atoms with Crippen molar-refractivity contribution in [2.45, 2.75) is 0 Å². The molecule has 3 heterocycles. The molecule has 3 aromatic rings. The molecule has 0 unspecified atom stereocenters. The molecule has 0 atom stereocenters. The summed E-state index contributed by atoms with van der Waals surface area (Å²) in [5, 5.41) is 2.44. The van der Waals surface area contributed by atoms with E-state index in [1.165, 1.54) is 0 Å². The minimum atomic E-state index is 0.487. The summed E-state index contributed by atoms with van der Waals surface area (Å²) in [4.78, 5) is 12.9. The van der Waals surface area contributed by atoms with E-state index in [1.807, 2.05) is 29.6 Å². The first-order valence-electron chi connectivity index (χ1n) is 4.67. The third-order valence-electron chi connectivity index (χ3n) is 2.16. The maximum atomic E-state index is 6.08. The Kier molecular flexibility index (Phi) is 2.31. The zero-order valence-corrected chi connectivity index (χ0v) is 9.66. The molecule has 0 aliphatic carbocycles. The van der Waals surface area contributed by atoms with Crippen LogP contribution >= 0.6 is 22.9 Å². The topological polar surface area (TPSA) is 38.7 Å². The first kappa shape index (κ1) is 9.69. The van der Waals surface area contributed by atoms with Crippen molar-refractivity contribution in [3.8, 4) is 11.5 Å². The van der Waals surface area contributed by atoms with Gasteiger partial charge in [-0.1, -0.05) is 17.7 Å². The monoisotopic (exact) mass is 247 g/mol.